The van der Waals surface area contributed by atoms with E-state index in [0.717, 1.165) is 0 Å². The molecule has 0 spiro atoms. The van der Waals surface area contributed by atoms with Crippen LogP contribution in [0.2, 0.25) is 0 Å². The van der Waals surface area contributed by atoms with Gasteiger partial charge in [-0.15, -0.1) is 0 Å². The van der Waals surface area contributed by atoms with Gasteiger partial charge in [-0.25, -0.2) is 4.39 Å². The van der Waals surface area contributed by atoms with Gasteiger partial charge in [0.15, 0.2) is 5.82 Å². The Labute approximate surface area is 121 Å². The third kappa shape index (κ3) is 4.46. The Morgan fingerprint density at radius 1 is 1.53 bits per heavy atom. The maximum atomic E-state index is 13.9. The van der Waals surface area contributed by atoms with Crippen LogP contribution in [0.4, 0.5) is 10.1 Å². The fourth-order valence-corrected chi connectivity index (χ4v) is 2.23. The van der Waals surface area contributed by atoms with E-state index in [9.17, 15) is 9.50 Å². The van der Waals surface area contributed by atoms with Gasteiger partial charge in [0, 0.05) is 13.1 Å². The Morgan fingerprint density at radius 3 is 2.68 bits per heavy atom. The van der Waals surface area contributed by atoms with Gasteiger partial charge in [0.05, 0.1) is 21.3 Å². The van der Waals surface area contributed by atoms with Crippen LogP contribution in [0.25, 0.3) is 0 Å². The summed E-state index contributed by atoms with van der Waals surface area (Å²) >= 11 is 3.04. The zero-order chi connectivity index (χ0) is 14.6. The van der Waals surface area contributed by atoms with Crippen LogP contribution in [0.3, 0.4) is 0 Å². The number of nitrogens with one attached hydrogen (secondary N) is 1. The van der Waals surface area contributed by atoms with Crippen LogP contribution in [0, 0.1) is 17.1 Å². The molecule has 0 bridgehead atoms. The van der Waals surface area contributed by atoms with Gasteiger partial charge in [0.25, 0.3) is 0 Å². The molecule has 0 aliphatic carbocycles. The molecule has 0 saturated carbocycles. The predicted octanol–water partition coefficient (Wildman–Crippen LogP) is 2.18. The number of nitrogens with zero attached hydrogens (tertiary/aromatic N) is 2. The highest BCUT2D eigenvalue weighted by Gasteiger charge is 2.22. The van der Waals surface area contributed by atoms with Crippen LogP contribution < -0.4 is 5.32 Å². The Kier molecular flexibility index (Phi) is 5.29. The van der Waals surface area contributed by atoms with Crippen molar-refractivity contribution < 1.29 is 9.50 Å². The lowest BCUT2D eigenvalue weighted by Crippen LogP contribution is -2.43. The fraction of sp³-hybridized carbons (Fsp3) is 0.462. The summed E-state index contributed by atoms with van der Waals surface area (Å²) in [5, 5.41) is 21.8. The first kappa shape index (κ1) is 15.9. The number of anilines is 1. The van der Waals surface area contributed by atoms with E-state index >= 15 is 0 Å². The molecule has 0 aliphatic heterocycles. The Balaban J connectivity index is 2.80. The number of hydrogen-bond donors (Lipinski definition) is 2. The quantitative estimate of drug-likeness (QED) is 0.869. The maximum Gasteiger partial charge on any atom is 0.161 e. The van der Waals surface area contributed by atoms with Crippen LogP contribution in [-0.2, 0) is 0 Å². The number of likely N-dealkylation sites (N-methyl/N-ethyl adjacent to an activating group) is 1. The fourth-order valence-electron chi connectivity index (χ4n) is 1.80. The van der Waals surface area contributed by atoms with Crippen LogP contribution in [0.1, 0.15) is 12.5 Å². The molecular formula is C13H17BrFN3O. The minimum Gasteiger partial charge on any atom is -0.387 e. The standard InChI is InChI=1S/C13H17BrFN3O/c1-13(19,8-18(2)3)7-17-10-5-4-9(6-16)11(14)12(10)15/h4-5,17,19H,7-8H2,1-3H3. The van der Waals surface area contributed by atoms with E-state index in [0.29, 0.717) is 6.54 Å². The first-order valence-electron chi connectivity index (χ1n) is 5.76. The highest BCUT2D eigenvalue weighted by molar-refractivity contribution is 9.10. The van der Waals surface area contributed by atoms with Gasteiger partial charge in [-0.05, 0) is 49.1 Å². The van der Waals surface area contributed by atoms with Crippen molar-refractivity contribution in [3.8, 4) is 6.07 Å². The Morgan fingerprint density at radius 2 is 2.16 bits per heavy atom. The molecule has 6 heteroatoms. The van der Waals surface area contributed by atoms with E-state index in [1.807, 2.05) is 25.1 Å². The van der Waals surface area contributed by atoms with E-state index in [1.165, 1.54) is 12.1 Å². The second-order valence-corrected chi connectivity index (χ2v) is 5.78. The lowest BCUT2D eigenvalue weighted by atomic mass is 10.1. The van der Waals surface area contributed by atoms with Gasteiger partial charge in [-0.3, -0.25) is 0 Å². The van der Waals surface area contributed by atoms with Crippen molar-refractivity contribution in [3.05, 3.63) is 28.0 Å². The second-order valence-electron chi connectivity index (χ2n) is 4.99. The Hall–Kier alpha value is -1.16. The molecule has 0 heterocycles. The van der Waals surface area contributed by atoms with Gasteiger partial charge in [0.2, 0.25) is 0 Å². The SMILES string of the molecule is CN(C)CC(C)(O)CNc1ccc(C#N)c(Br)c1F. The molecule has 1 rings (SSSR count). The molecule has 1 unspecified atom stereocenters. The molecular weight excluding hydrogens is 313 g/mol. The van der Waals surface area contributed by atoms with Crippen molar-refractivity contribution in [2.24, 2.45) is 0 Å². The monoisotopic (exact) mass is 329 g/mol. The number of halogens is 2. The summed E-state index contributed by atoms with van der Waals surface area (Å²) in [6, 6.07) is 4.91. The van der Waals surface area contributed by atoms with Crippen molar-refractivity contribution >= 4 is 21.6 Å². The molecule has 0 saturated heterocycles. The lowest BCUT2D eigenvalue weighted by Gasteiger charge is -2.27. The van der Waals surface area contributed by atoms with Crippen LogP contribution in [0.15, 0.2) is 16.6 Å². The summed E-state index contributed by atoms with van der Waals surface area (Å²) in [4.78, 5) is 1.85. The molecule has 0 aromatic heterocycles. The minimum absolute atomic E-state index is 0.132. The van der Waals surface area contributed by atoms with E-state index in [2.05, 4.69) is 21.2 Å². The van der Waals surface area contributed by atoms with E-state index in [1.54, 1.807) is 6.92 Å². The summed E-state index contributed by atoms with van der Waals surface area (Å²) in [6.07, 6.45) is 0. The Bertz CT molecular complexity index is 497. The molecule has 0 amide bonds. The van der Waals surface area contributed by atoms with Crippen molar-refractivity contribution in [1.82, 2.24) is 4.90 Å². The van der Waals surface area contributed by atoms with E-state index in [-0.39, 0.29) is 22.3 Å². The molecule has 2 N–H and O–H groups in total. The summed E-state index contributed by atoms with van der Waals surface area (Å²) in [7, 11) is 3.71. The summed E-state index contributed by atoms with van der Waals surface area (Å²) < 4.78 is 14.1. The predicted molar refractivity (Wildman–Crippen MR) is 76.5 cm³/mol. The molecule has 104 valence electrons. The smallest absolute Gasteiger partial charge is 0.161 e. The topological polar surface area (TPSA) is 59.3 Å². The van der Waals surface area contributed by atoms with Crippen molar-refractivity contribution in [3.63, 3.8) is 0 Å². The van der Waals surface area contributed by atoms with Crippen molar-refractivity contribution in [1.29, 1.82) is 5.26 Å². The van der Waals surface area contributed by atoms with Gasteiger partial charge in [-0.2, -0.15) is 5.26 Å². The normalized spacial score (nSPS) is 14.0. The van der Waals surface area contributed by atoms with Gasteiger partial charge in [-0.1, -0.05) is 0 Å². The third-order valence-electron chi connectivity index (χ3n) is 2.52. The van der Waals surface area contributed by atoms with Crippen molar-refractivity contribution in [2.45, 2.75) is 12.5 Å². The molecule has 0 aliphatic rings. The zero-order valence-electron chi connectivity index (χ0n) is 11.2. The maximum absolute atomic E-state index is 13.9. The highest BCUT2D eigenvalue weighted by Crippen LogP contribution is 2.26. The second kappa shape index (κ2) is 6.33. The lowest BCUT2D eigenvalue weighted by molar-refractivity contribution is 0.0459. The highest BCUT2D eigenvalue weighted by atomic mass is 79.9. The van der Waals surface area contributed by atoms with E-state index in [4.69, 9.17) is 5.26 Å². The molecule has 1 atom stereocenters. The summed E-state index contributed by atoms with van der Waals surface area (Å²) in [6.45, 7) is 2.34. The first-order valence-corrected chi connectivity index (χ1v) is 6.55. The molecule has 1 aromatic rings. The molecule has 0 radical (unpaired) electrons. The minimum atomic E-state index is -0.976. The van der Waals surface area contributed by atoms with E-state index < -0.39 is 11.4 Å². The third-order valence-corrected chi connectivity index (χ3v) is 3.29. The summed E-state index contributed by atoms with van der Waals surface area (Å²) in [5.74, 6) is -0.528. The average molecular weight is 330 g/mol. The first-order chi connectivity index (χ1) is 8.76. The number of aliphatic hydroxyl groups is 1. The largest absolute Gasteiger partial charge is 0.387 e. The molecule has 0 fully saturated rings. The zero-order valence-corrected chi connectivity index (χ0v) is 12.8. The average Bonchev–Trinajstić information content (AvgIpc) is 2.29. The number of benzene rings is 1. The van der Waals surface area contributed by atoms with Crippen LogP contribution in [-0.4, -0.2) is 42.8 Å². The number of rotatable bonds is 5. The van der Waals surface area contributed by atoms with Gasteiger partial charge < -0.3 is 15.3 Å². The van der Waals surface area contributed by atoms with Crippen LogP contribution in [0.5, 0.6) is 0 Å². The van der Waals surface area contributed by atoms with Gasteiger partial charge >= 0.3 is 0 Å². The van der Waals surface area contributed by atoms with Crippen molar-refractivity contribution in [2.75, 3.05) is 32.5 Å². The van der Waals surface area contributed by atoms with Crippen LogP contribution >= 0.6 is 15.9 Å². The number of nitriles is 1. The number of hydrogen-bond acceptors (Lipinski definition) is 4. The molecule has 1 aromatic carbocycles. The van der Waals surface area contributed by atoms with Gasteiger partial charge in [0.1, 0.15) is 6.07 Å². The summed E-state index contributed by atoms with van der Waals surface area (Å²) in [5.41, 5.74) is -0.482. The molecule has 4 nitrogen and oxygen atoms in total. The molecule has 19 heavy (non-hydrogen) atoms.